The number of para-hydroxylation sites is 1. The van der Waals surface area contributed by atoms with Gasteiger partial charge in [0.05, 0.1) is 23.8 Å². The fourth-order valence-electron chi connectivity index (χ4n) is 4.72. The van der Waals surface area contributed by atoms with Crippen molar-refractivity contribution in [3.05, 3.63) is 83.1 Å². The molecule has 1 fully saturated rings. The Morgan fingerprint density at radius 1 is 0.973 bits per heavy atom. The van der Waals surface area contributed by atoms with Crippen molar-refractivity contribution in [2.45, 2.75) is 0 Å². The summed E-state index contributed by atoms with van der Waals surface area (Å²) in [6, 6.07) is 19.2. The van der Waals surface area contributed by atoms with Gasteiger partial charge in [0.1, 0.15) is 11.6 Å². The third-order valence-electron chi connectivity index (χ3n) is 6.59. The van der Waals surface area contributed by atoms with Gasteiger partial charge in [-0.2, -0.15) is 0 Å². The average Bonchev–Trinajstić information content (AvgIpc) is 3.37. The standard InChI is InChI=1S/C27H22ClFN6O2/c1-37-23-9-5-3-7-20(23)25-32-31-24-19-11-10-17(28)16-22(19)30-27(35(24)25)34-14-12-33(13-15-34)26(36)18-6-2-4-8-21(18)29/h2-11,16H,12-15H2,1H3. The number of ether oxygens (including phenoxy) is 1. The number of hydrogen-bond donors (Lipinski definition) is 0. The quantitative estimate of drug-likeness (QED) is 0.344. The second-order valence-electron chi connectivity index (χ2n) is 8.72. The molecule has 6 rings (SSSR count). The first-order valence-electron chi connectivity index (χ1n) is 11.8. The minimum absolute atomic E-state index is 0.0779. The molecule has 0 unspecified atom stereocenters. The van der Waals surface area contributed by atoms with Crippen molar-refractivity contribution in [1.29, 1.82) is 0 Å². The molecular formula is C27H22ClFN6O2. The van der Waals surface area contributed by atoms with Crippen LogP contribution in [-0.2, 0) is 0 Å². The van der Waals surface area contributed by atoms with Gasteiger partial charge >= 0.3 is 0 Å². The Morgan fingerprint density at radius 2 is 1.73 bits per heavy atom. The number of carbonyl (C=O) groups excluding carboxylic acids is 1. The Balaban J connectivity index is 1.42. The lowest BCUT2D eigenvalue weighted by molar-refractivity contribution is 0.0741. The summed E-state index contributed by atoms with van der Waals surface area (Å²) in [7, 11) is 1.62. The van der Waals surface area contributed by atoms with Gasteiger partial charge in [-0.05, 0) is 42.5 Å². The van der Waals surface area contributed by atoms with Crippen LogP contribution in [0.2, 0.25) is 5.02 Å². The zero-order valence-electron chi connectivity index (χ0n) is 19.9. The topological polar surface area (TPSA) is 75.9 Å². The second-order valence-corrected chi connectivity index (χ2v) is 9.15. The van der Waals surface area contributed by atoms with Crippen LogP contribution in [0.5, 0.6) is 5.75 Å². The predicted octanol–water partition coefficient (Wildman–Crippen LogP) is 4.71. The summed E-state index contributed by atoms with van der Waals surface area (Å²) in [6.45, 7) is 1.82. The molecule has 3 heterocycles. The van der Waals surface area contributed by atoms with Crippen molar-refractivity contribution < 1.29 is 13.9 Å². The molecule has 1 saturated heterocycles. The number of methoxy groups -OCH3 is 1. The van der Waals surface area contributed by atoms with Gasteiger partial charge in [-0.25, -0.2) is 13.8 Å². The van der Waals surface area contributed by atoms with Crippen LogP contribution < -0.4 is 9.64 Å². The summed E-state index contributed by atoms with van der Waals surface area (Å²) in [4.78, 5) is 21.7. The van der Waals surface area contributed by atoms with Gasteiger partial charge in [-0.15, -0.1) is 10.2 Å². The molecule has 186 valence electrons. The van der Waals surface area contributed by atoms with Gasteiger partial charge < -0.3 is 14.5 Å². The number of benzene rings is 3. The number of aromatic nitrogens is 4. The van der Waals surface area contributed by atoms with Crippen molar-refractivity contribution in [2.75, 3.05) is 38.2 Å². The maximum Gasteiger partial charge on any atom is 0.256 e. The number of carbonyl (C=O) groups is 1. The first kappa shape index (κ1) is 23.2. The SMILES string of the molecule is COc1ccccc1-c1nnc2c3ccc(Cl)cc3nc(N3CCN(C(=O)c4ccccc4F)CC3)n12. The maximum absolute atomic E-state index is 14.2. The molecule has 0 aliphatic carbocycles. The van der Waals surface area contributed by atoms with E-state index in [4.69, 9.17) is 21.3 Å². The molecule has 10 heteroatoms. The van der Waals surface area contributed by atoms with E-state index in [1.807, 2.05) is 34.7 Å². The van der Waals surface area contributed by atoms with Gasteiger partial charge in [0.2, 0.25) is 5.95 Å². The van der Waals surface area contributed by atoms with E-state index < -0.39 is 5.82 Å². The van der Waals surface area contributed by atoms with Gasteiger partial charge in [0, 0.05) is 36.6 Å². The Labute approximate surface area is 216 Å². The first-order chi connectivity index (χ1) is 18.0. The number of hydrogen-bond acceptors (Lipinski definition) is 6. The first-order valence-corrected chi connectivity index (χ1v) is 12.2. The van der Waals surface area contributed by atoms with Gasteiger partial charge in [-0.1, -0.05) is 35.9 Å². The summed E-state index contributed by atoms with van der Waals surface area (Å²) in [5, 5.41) is 10.4. The third-order valence-corrected chi connectivity index (χ3v) is 6.82. The van der Waals surface area contributed by atoms with Crippen molar-refractivity contribution in [3.63, 3.8) is 0 Å². The largest absolute Gasteiger partial charge is 0.496 e. The lowest BCUT2D eigenvalue weighted by Gasteiger charge is -2.35. The summed E-state index contributed by atoms with van der Waals surface area (Å²) >= 11 is 6.29. The molecule has 1 amide bonds. The molecule has 0 atom stereocenters. The summed E-state index contributed by atoms with van der Waals surface area (Å²) in [6.07, 6.45) is 0. The molecule has 2 aromatic heterocycles. The highest BCUT2D eigenvalue weighted by atomic mass is 35.5. The van der Waals surface area contributed by atoms with E-state index in [1.54, 1.807) is 36.3 Å². The third kappa shape index (κ3) is 4.01. The number of anilines is 1. The van der Waals surface area contributed by atoms with Gasteiger partial charge in [0.25, 0.3) is 5.91 Å². The molecular weight excluding hydrogens is 495 g/mol. The van der Waals surface area contributed by atoms with Crippen molar-refractivity contribution in [3.8, 4) is 17.1 Å². The molecule has 1 aliphatic rings. The summed E-state index contributed by atoms with van der Waals surface area (Å²) in [5.74, 6) is 1.06. The van der Waals surface area contributed by atoms with Crippen LogP contribution in [0.15, 0.2) is 66.7 Å². The van der Waals surface area contributed by atoms with Crippen LogP contribution in [0, 0.1) is 5.82 Å². The Morgan fingerprint density at radius 3 is 2.51 bits per heavy atom. The number of rotatable bonds is 4. The molecule has 0 radical (unpaired) electrons. The monoisotopic (exact) mass is 516 g/mol. The lowest BCUT2D eigenvalue weighted by Crippen LogP contribution is -2.49. The highest BCUT2D eigenvalue weighted by Crippen LogP contribution is 2.34. The van der Waals surface area contributed by atoms with E-state index in [0.29, 0.717) is 59.9 Å². The molecule has 0 spiro atoms. The number of fused-ring (bicyclic) bond motifs is 3. The van der Waals surface area contributed by atoms with Crippen LogP contribution >= 0.6 is 11.6 Å². The molecule has 0 bridgehead atoms. The number of nitrogens with zero attached hydrogens (tertiary/aromatic N) is 6. The fourth-order valence-corrected chi connectivity index (χ4v) is 4.89. The molecule has 0 saturated carbocycles. The minimum atomic E-state index is -0.518. The van der Waals surface area contributed by atoms with E-state index in [1.165, 1.54) is 12.1 Å². The van der Waals surface area contributed by atoms with Crippen molar-refractivity contribution >= 4 is 40.0 Å². The van der Waals surface area contributed by atoms with E-state index in [-0.39, 0.29) is 11.5 Å². The molecule has 3 aromatic carbocycles. The number of halogens is 2. The zero-order valence-corrected chi connectivity index (χ0v) is 20.7. The normalized spacial score (nSPS) is 13.9. The van der Waals surface area contributed by atoms with Crippen LogP contribution in [-0.4, -0.2) is 63.7 Å². The molecule has 0 N–H and O–H groups in total. The highest BCUT2D eigenvalue weighted by molar-refractivity contribution is 6.31. The van der Waals surface area contributed by atoms with E-state index in [2.05, 4.69) is 15.1 Å². The van der Waals surface area contributed by atoms with Crippen LogP contribution in [0.4, 0.5) is 10.3 Å². The van der Waals surface area contributed by atoms with E-state index >= 15 is 0 Å². The molecule has 5 aromatic rings. The fraction of sp³-hybridized carbons (Fsp3) is 0.185. The number of amides is 1. The van der Waals surface area contributed by atoms with Crippen LogP contribution in [0.1, 0.15) is 10.4 Å². The minimum Gasteiger partial charge on any atom is -0.496 e. The molecule has 37 heavy (non-hydrogen) atoms. The molecule has 1 aliphatic heterocycles. The average molecular weight is 517 g/mol. The Bertz CT molecular complexity index is 1650. The number of piperazine rings is 1. The summed E-state index contributed by atoms with van der Waals surface area (Å²) in [5.41, 5.74) is 2.19. The second kappa shape index (κ2) is 9.33. The van der Waals surface area contributed by atoms with Crippen LogP contribution in [0.3, 0.4) is 0 Å². The zero-order chi connectivity index (χ0) is 25.5. The van der Waals surface area contributed by atoms with Crippen molar-refractivity contribution in [2.24, 2.45) is 0 Å². The van der Waals surface area contributed by atoms with E-state index in [0.717, 1.165) is 10.9 Å². The lowest BCUT2D eigenvalue weighted by atomic mass is 10.1. The summed E-state index contributed by atoms with van der Waals surface area (Å²) < 4.78 is 21.7. The smallest absolute Gasteiger partial charge is 0.256 e. The van der Waals surface area contributed by atoms with E-state index in [9.17, 15) is 9.18 Å². The van der Waals surface area contributed by atoms with Gasteiger partial charge in [-0.3, -0.25) is 4.79 Å². The molecule has 8 nitrogen and oxygen atoms in total. The predicted molar refractivity (Wildman–Crippen MR) is 140 cm³/mol. The van der Waals surface area contributed by atoms with Gasteiger partial charge in [0.15, 0.2) is 11.5 Å². The Hall–Kier alpha value is -4.24. The highest BCUT2D eigenvalue weighted by Gasteiger charge is 2.28. The Kier molecular flexibility index (Phi) is 5.84. The maximum atomic E-state index is 14.2. The van der Waals surface area contributed by atoms with Crippen LogP contribution in [0.25, 0.3) is 27.9 Å². The van der Waals surface area contributed by atoms with Crippen molar-refractivity contribution in [1.82, 2.24) is 24.5 Å².